The quantitative estimate of drug-likeness (QED) is 0.744. The molecule has 2 aromatic heterocycles. The Kier molecular flexibility index (Phi) is 3.83. The molecule has 1 saturated heterocycles. The minimum absolute atomic E-state index is 0.500. The van der Waals surface area contributed by atoms with Gasteiger partial charge >= 0.3 is 0 Å². The molecule has 0 radical (unpaired) electrons. The largest absolute Gasteiger partial charge is 0.298 e. The zero-order chi connectivity index (χ0) is 15.6. The maximum Gasteiger partial charge on any atom is 0.157 e. The Bertz CT molecular complexity index is 793. The van der Waals surface area contributed by atoms with Crippen LogP contribution in [0.25, 0.3) is 11.0 Å². The van der Waals surface area contributed by atoms with Crippen molar-refractivity contribution in [1.29, 1.82) is 0 Å². The maximum absolute atomic E-state index is 4.78. The van der Waals surface area contributed by atoms with E-state index in [4.69, 9.17) is 5.10 Å². The fourth-order valence-corrected chi connectivity index (χ4v) is 3.68. The van der Waals surface area contributed by atoms with Gasteiger partial charge in [0.25, 0.3) is 0 Å². The average Bonchev–Trinajstić information content (AvgIpc) is 2.94. The summed E-state index contributed by atoms with van der Waals surface area (Å²) in [7, 11) is 1.99. The standard InChI is InChI=1S/C19H22N4/c1-22-19-17(10-5-11-20-19)18(21-22)16-9-6-12-23(14-16)13-15-7-3-2-4-8-15/h2-5,7-8,10-11,16H,6,9,12-14H2,1H3. The molecule has 1 fully saturated rings. The van der Waals surface area contributed by atoms with E-state index in [-0.39, 0.29) is 0 Å². The SMILES string of the molecule is Cn1nc(C2CCCN(Cc3ccccc3)C2)c2cccnc21. The van der Waals surface area contributed by atoms with Gasteiger partial charge in [-0.1, -0.05) is 30.3 Å². The fourth-order valence-electron chi connectivity index (χ4n) is 3.68. The van der Waals surface area contributed by atoms with Crippen LogP contribution in [0.5, 0.6) is 0 Å². The van der Waals surface area contributed by atoms with Crippen LogP contribution in [0.4, 0.5) is 0 Å². The van der Waals surface area contributed by atoms with E-state index in [2.05, 4.69) is 46.3 Å². The van der Waals surface area contributed by atoms with Crippen LogP contribution in [0, 0.1) is 0 Å². The molecule has 1 unspecified atom stereocenters. The van der Waals surface area contributed by atoms with Gasteiger partial charge in [0.05, 0.1) is 5.69 Å². The third-order valence-corrected chi connectivity index (χ3v) is 4.77. The molecule has 0 N–H and O–H groups in total. The number of piperidine rings is 1. The van der Waals surface area contributed by atoms with Gasteiger partial charge in [-0.05, 0) is 37.1 Å². The van der Waals surface area contributed by atoms with Crippen molar-refractivity contribution in [3.05, 3.63) is 59.9 Å². The normalized spacial score (nSPS) is 19.3. The number of aryl methyl sites for hydroxylation is 1. The van der Waals surface area contributed by atoms with Gasteiger partial charge in [-0.25, -0.2) is 4.98 Å². The molecule has 0 saturated carbocycles. The van der Waals surface area contributed by atoms with Crippen molar-refractivity contribution < 1.29 is 0 Å². The van der Waals surface area contributed by atoms with E-state index in [1.165, 1.54) is 36.0 Å². The van der Waals surface area contributed by atoms with Gasteiger partial charge in [0.15, 0.2) is 5.65 Å². The van der Waals surface area contributed by atoms with Crippen LogP contribution in [0.15, 0.2) is 48.7 Å². The highest BCUT2D eigenvalue weighted by Gasteiger charge is 2.25. The van der Waals surface area contributed by atoms with Crippen molar-refractivity contribution in [2.45, 2.75) is 25.3 Å². The van der Waals surface area contributed by atoms with Crippen LogP contribution in [0.3, 0.4) is 0 Å². The van der Waals surface area contributed by atoms with Crippen LogP contribution in [-0.4, -0.2) is 32.8 Å². The minimum Gasteiger partial charge on any atom is -0.298 e. The van der Waals surface area contributed by atoms with Crippen LogP contribution < -0.4 is 0 Å². The zero-order valence-corrected chi connectivity index (χ0v) is 13.5. The summed E-state index contributed by atoms with van der Waals surface area (Å²) in [6, 6.07) is 14.9. The number of aromatic nitrogens is 3. The smallest absolute Gasteiger partial charge is 0.157 e. The number of nitrogens with zero attached hydrogens (tertiary/aromatic N) is 4. The number of likely N-dealkylation sites (tertiary alicyclic amines) is 1. The predicted octanol–water partition coefficient (Wildman–Crippen LogP) is 3.35. The van der Waals surface area contributed by atoms with Gasteiger partial charge in [-0.3, -0.25) is 9.58 Å². The number of hydrogen-bond acceptors (Lipinski definition) is 3. The highest BCUT2D eigenvalue weighted by atomic mass is 15.3. The van der Waals surface area contributed by atoms with Crippen LogP contribution in [0.2, 0.25) is 0 Å². The molecule has 0 spiro atoms. The summed E-state index contributed by atoms with van der Waals surface area (Å²) in [5.41, 5.74) is 3.59. The first-order valence-corrected chi connectivity index (χ1v) is 8.35. The van der Waals surface area contributed by atoms with Gasteiger partial charge in [0.1, 0.15) is 0 Å². The van der Waals surface area contributed by atoms with Crippen LogP contribution in [-0.2, 0) is 13.6 Å². The molecule has 23 heavy (non-hydrogen) atoms. The highest BCUT2D eigenvalue weighted by molar-refractivity contribution is 5.78. The number of benzene rings is 1. The number of fused-ring (bicyclic) bond motifs is 1. The second-order valence-corrected chi connectivity index (χ2v) is 6.44. The molecular formula is C19H22N4. The van der Waals surface area contributed by atoms with Gasteiger partial charge in [0, 0.05) is 37.6 Å². The van der Waals surface area contributed by atoms with Crippen LogP contribution >= 0.6 is 0 Å². The van der Waals surface area contributed by atoms with E-state index in [0.29, 0.717) is 5.92 Å². The molecule has 4 heteroatoms. The Morgan fingerprint density at radius 1 is 1.13 bits per heavy atom. The Labute approximate surface area is 136 Å². The molecule has 1 aliphatic heterocycles. The lowest BCUT2D eigenvalue weighted by Gasteiger charge is -2.32. The summed E-state index contributed by atoms with van der Waals surface area (Å²) in [6.07, 6.45) is 4.29. The second-order valence-electron chi connectivity index (χ2n) is 6.44. The lowest BCUT2D eigenvalue weighted by Crippen LogP contribution is -2.34. The Morgan fingerprint density at radius 2 is 2.00 bits per heavy atom. The molecule has 0 bridgehead atoms. The van der Waals surface area contributed by atoms with Crippen molar-refractivity contribution in [3.63, 3.8) is 0 Å². The van der Waals surface area contributed by atoms with Gasteiger partial charge in [-0.15, -0.1) is 0 Å². The van der Waals surface area contributed by atoms with E-state index in [9.17, 15) is 0 Å². The Balaban J connectivity index is 1.57. The number of hydrogen-bond donors (Lipinski definition) is 0. The Morgan fingerprint density at radius 3 is 2.87 bits per heavy atom. The average molecular weight is 306 g/mol. The summed E-state index contributed by atoms with van der Waals surface area (Å²) in [5.74, 6) is 0.500. The summed E-state index contributed by atoms with van der Waals surface area (Å²) in [6.45, 7) is 3.28. The molecule has 3 aromatic rings. The van der Waals surface area contributed by atoms with Crippen molar-refractivity contribution in [3.8, 4) is 0 Å². The molecule has 0 amide bonds. The van der Waals surface area contributed by atoms with Crippen molar-refractivity contribution in [2.75, 3.05) is 13.1 Å². The molecule has 1 aromatic carbocycles. The fraction of sp³-hybridized carbons (Fsp3) is 0.368. The molecule has 1 atom stereocenters. The lowest BCUT2D eigenvalue weighted by atomic mass is 9.93. The third kappa shape index (κ3) is 2.86. The van der Waals surface area contributed by atoms with Crippen LogP contribution in [0.1, 0.15) is 30.0 Å². The summed E-state index contributed by atoms with van der Waals surface area (Å²) in [5, 5.41) is 5.99. The number of rotatable bonds is 3. The highest BCUT2D eigenvalue weighted by Crippen LogP contribution is 2.31. The first-order chi connectivity index (χ1) is 11.3. The molecule has 118 valence electrons. The first kappa shape index (κ1) is 14.4. The zero-order valence-electron chi connectivity index (χ0n) is 13.5. The summed E-state index contributed by atoms with van der Waals surface area (Å²) in [4.78, 5) is 7.03. The molecule has 4 rings (SSSR count). The molecule has 0 aliphatic carbocycles. The number of pyridine rings is 1. The summed E-state index contributed by atoms with van der Waals surface area (Å²) < 4.78 is 1.92. The molecule has 1 aliphatic rings. The molecular weight excluding hydrogens is 284 g/mol. The van der Waals surface area contributed by atoms with E-state index < -0.39 is 0 Å². The monoisotopic (exact) mass is 306 g/mol. The van der Waals surface area contributed by atoms with E-state index in [1.807, 2.05) is 24.0 Å². The topological polar surface area (TPSA) is 34.0 Å². The Hall–Kier alpha value is -2.20. The van der Waals surface area contributed by atoms with E-state index in [0.717, 1.165) is 18.7 Å². The van der Waals surface area contributed by atoms with Crippen molar-refractivity contribution in [1.82, 2.24) is 19.7 Å². The summed E-state index contributed by atoms with van der Waals surface area (Å²) >= 11 is 0. The minimum atomic E-state index is 0.500. The lowest BCUT2D eigenvalue weighted by molar-refractivity contribution is 0.198. The van der Waals surface area contributed by atoms with Gasteiger partial charge < -0.3 is 0 Å². The molecule has 3 heterocycles. The molecule has 4 nitrogen and oxygen atoms in total. The predicted molar refractivity (Wildman–Crippen MR) is 92.2 cm³/mol. The van der Waals surface area contributed by atoms with Gasteiger partial charge in [-0.2, -0.15) is 5.10 Å². The van der Waals surface area contributed by atoms with Gasteiger partial charge in [0.2, 0.25) is 0 Å². The third-order valence-electron chi connectivity index (χ3n) is 4.77. The van der Waals surface area contributed by atoms with E-state index in [1.54, 1.807) is 0 Å². The van der Waals surface area contributed by atoms with Crippen molar-refractivity contribution >= 4 is 11.0 Å². The van der Waals surface area contributed by atoms with E-state index >= 15 is 0 Å². The first-order valence-electron chi connectivity index (χ1n) is 8.35. The second kappa shape index (κ2) is 6.13. The van der Waals surface area contributed by atoms with Crippen molar-refractivity contribution in [2.24, 2.45) is 7.05 Å². The maximum atomic E-state index is 4.78.